The van der Waals surface area contributed by atoms with Crippen molar-refractivity contribution in [3.8, 4) is 0 Å². The molecular formula is C11H12F3N3O. The third kappa shape index (κ3) is 3.12. The number of anilines is 1. The van der Waals surface area contributed by atoms with Crippen LogP contribution in [0.25, 0.3) is 0 Å². The van der Waals surface area contributed by atoms with Crippen molar-refractivity contribution in [3.05, 3.63) is 23.9 Å². The molecule has 4 nitrogen and oxygen atoms in total. The Morgan fingerprint density at radius 2 is 2.22 bits per heavy atom. The maximum absolute atomic E-state index is 12.5. The number of pyridine rings is 1. The smallest absolute Gasteiger partial charge is 0.366 e. The van der Waals surface area contributed by atoms with Gasteiger partial charge in [-0.15, -0.1) is 0 Å². The van der Waals surface area contributed by atoms with Crippen molar-refractivity contribution in [1.29, 1.82) is 0 Å². The van der Waals surface area contributed by atoms with Gasteiger partial charge in [-0.1, -0.05) is 0 Å². The first kappa shape index (κ1) is 12.7. The number of hydrogen-bond donors (Lipinski definition) is 2. The first-order valence-electron chi connectivity index (χ1n) is 5.51. The summed E-state index contributed by atoms with van der Waals surface area (Å²) in [5, 5.41) is 5.53. The summed E-state index contributed by atoms with van der Waals surface area (Å²) in [7, 11) is 0. The molecule has 1 aromatic heterocycles. The van der Waals surface area contributed by atoms with Crippen LogP contribution in [0, 0.1) is 0 Å². The second-order valence-electron chi connectivity index (χ2n) is 4.11. The van der Waals surface area contributed by atoms with Crippen LogP contribution in [0.5, 0.6) is 0 Å². The monoisotopic (exact) mass is 259 g/mol. The summed E-state index contributed by atoms with van der Waals surface area (Å²) >= 11 is 0. The van der Waals surface area contributed by atoms with Crippen LogP contribution in [0.15, 0.2) is 18.3 Å². The largest absolute Gasteiger partial charge is 0.416 e. The molecular weight excluding hydrogens is 247 g/mol. The normalized spacial score (nSPS) is 20.4. The summed E-state index contributed by atoms with van der Waals surface area (Å²) in [5.74, 6) is 0.135. The number of carbonyl (C=O) groups is 1. The Kier molecular flexibility index (Phi) is 3.40. The van der Waals surface area contributed by atoms with Crippen LogP contribution >= 0.6 is 0 Å². The quantitative estimate of drug-likeness (QED) is 0.851. The van der Waals surface area contributed by atoms with Crippen LogP contribution in [-0.2, 0) is 11.0 Å². The molecule has 98 valence electrons. The molecule has 0 spiro atoms. The second kappa shape index (κ2) is 4.83. The van der Waals surface area contributed by atoms with Crippen molar-refractivity contribution >= 4 is 11.7 Å². The minimum absolute atomic E-state index is 0.0370. The summed E-state index contributed by atoms with van der Waals surface area (Å²) in [6, 6.07) is 1.81. The van der Waals surface area contributed by atoms with Gasteiger partial charge in [0.1, 0.15) is 5.82 Å². The van der Waals surface area contributed by atoms with Crippen LogP contribution in [0.4, 0.5) is 19.0 Å². The van der Waals surface area contributed by atoms with Gasteiger partial charge in [0.05, 0.1) is 5.56 Å². The Morgan fingerprint density at radius 1 is 1.44 bits per heavy atom. The molecule has 0 aliphatic carbocycles. The molecule has 2 rings (SSSR count). The highest BCUT2D eigenvalue weighted by Crippen LogP contribution is 2.30. The number of rotatable bonds is 2. The highest BCUT2D eigenvalue weighted by molar-refractivity contribution is 5.76. The van der Waals surface area contributed by atoms with Crippen molar-refractivity contribution in [3.63, 3.8) is 0 Å². The van der Waals surface area contributed by atoms with Crippen LogP contribution in [0.1, 0.15) is 18.4 Å². The summed E-state index contributed by atoms with van der Waals surface area (Å²) < 4.78 is 37.5. The Balaban J connectivity index is 2.03. The van der Waals surface area contributed by atoms with E-state index in [1.54, 1.807) is 0 Å². The number of piperidine rings is 1. The lowest BCUT2D eigenvalue weighted by Gasteiger charge is -2.24. The van der Waals surface area contributed by atoms with Gasteiger partial charge in [0, 0.05) is 25.2 Å². The molecule has 1 amide bonds. The van der Waals surface area contributed by atoms with Crippen molar-refractivity contribution in [2.75, 3.05) is 11.9 Å². The molecule has 1 saturated heterocycles. The molecule has 18 heavy (non-hydrogen) atoms. The number of alkyl halides is 3. The third-order valence-electron chi connectivity index (χ3n) is 2.70. The molecule has 0 aromatic carbocycles. The Labute approximate surface area is 102 Å². The van der Waals surface area contributed by atoms with Gasteiger partial charge in [0.2, 0.25) is 5.91 Å². The molecule has 0 bridgehead atoms. The van der Waals surface area contributed by atoms with Gasteiger partial charge < -0.3 is 10.6 Å². The van der Waals surface area contributed by atoms with E-state index >= 15 is 0 Å². The van der Waals surface area contributed by atoms with Crippen LogP contribution in [-0.4, -0.2) is 23.5 Å². The highest BCUT2D eigenvalue weighted by Gasteiger charge is 2.31. The predicted molar refractivity (Wildman–Crippen MR) is 58.9 cm³/mol. The maximum atomic E-state index is 12.5. The fraction of sp³-hybridized carbons (Fsp3) is 0.455. The number of hydrogen-bond acceptors (Lipinski definition) is 3. The molecule has 2 heterocycles. The minimum atomic E-state index is -4.37. The second-order valence-corrected chi connectivity index (χ2v) is 4.11. The standard InChI is InChI=1S/C11H12F3N3O/c12-11(13,14)7-3-4-15-9(5-7)17-8-1-2-10(18)16-6-8/h3-5,8H,1-2,6H2,(H,15,17)(H,16,18). The van der Waals surface area contributed by atoms with Crippen LogP contribution < -0.4 is 10.6 Å². The lowest BCUT2D eigenvalue weighted by Crippen LogP contribution is -2.42. The molecule has 1 aliphatic rings. The van der Waals surface area contributed by atoms with E-state index in [9.17, 15) is 18.0 Å². The van der Waals surface area contributed by atoms with Crippen molar-refractivity contribution in [1.82, 2.24) is 10.3 Å². The average Bonchev–Trinajstić information content (AvgIpc) is 2.31. The number of nitrogens with zero attached hydrogens (tertiary/aromatic N) is 1. The van der Waals surface area contributed by atoms with Crippen molar-refractivity contribution in [2.24, 2.45) is 0 Å². The van der Waals surface area contributed by atoms with E-state index in [0.29, 0.717) is 19.4 Å². The molecule has 7 heteroatoms. The molecule has 1 aliphatic heterocycles. The molecule has 2 N–H and O–H groups in total. The Bertz CT molecular complexity index is 437. The lowest BCUT2D eigenvalue weighted by molar-refractivity contribution is -0.137. The van der Waals surface area contributed by atoms with Crippen molar-refractivity contribution in [2.45, 2.75) is 25.1 Å². The zero-order valence-corrected chi connectivity index (χ0v) is 9.42. The highest BCUT2D eigenvalue weighted by atomic mass is 19.4. The fourth-order valence-electron chi connectivity index (χ4n) is 1.75. The fourth-order valence-corrected chi connectivity index (χ4v) is 1.75. The van der Waals surface area contributed by atoms with E-state index < -0.39 is 11.7 Å². The zero-order chi connectivity index (χ0) is 13.2. The van der Waals surface area contributed by atoms with Gasteiger partial charge in [-0.05, 0) is 18.6 Å². The first-order chi connectivity index (χ1) is 8.45. The lowest BCUT2D eigenvalue weighted by atomic mass is 10.1. The summed E-state index contributed by atoms with van der Waals surface area (Å²) in [4.78, 5) is 14.8. The minimum Gasteiger partial charge on any atom is -0.366 e. The van der Waals surface area contributed by atoms with Gasteiger partial charge in [0.15, 0.2) is 0 Å². The molecule has 0 saturated carbocycles. The molecule has 1 unspecified atom stereocenters. The maximum Gasteiger partial charge on any atom is 0.416 e. The molecule has 0 radical (unpaired) electrons. The molecule has 1 fully saturated rings. The zero-order valence-electron chi connectivity index (χ0n) is 9.42. The van der Waals surface area contributed by atoms with E-state index in [4.69, 9.17) is 0 Å². The number of aromatic nitrogens is 1. The van der Waals surface area contributed by atoms with Crippen LogP contribution in [0.3, 0.4) is 0 Å². The summed E-state index contributed by atoms with van der Waals surface area (Å²) in [6.45, 7) is 0.400. The number of halogens is 3. The van der Waals surface area contributed by atoms with Gasteiger partial charge >= 0.3 is 6.18 Å². The molecule has 1 aromatic rings. The number of carbonyl (C=O) groups excluding carboxylic acids is 1. The van der Waals surface area contributed by atoms with Gasteiger partial charge in [0.25, 0.3) is 0 Å². The van der Waals surface area contributed by atoms with Crippen molar-refractivity contribution < 1.29 is 18.0 Å². The van der Waals surface area contributed by atoms with E-state index in [-0.39, 0.29) is 17.8 Å². The third-order valence-corrected chi connectivity index (χ3v) is 2.70. The Hall–Kier alpha value is -1.79. The van der Waals surface area contributed by atoms with Gasteiger partial charge in [-0.25, -0.2) is 4.98 Å². The summed E-state index contributed by atoms with van der Waals surface area (Å²) in [6.07, 6.45) is -2.30. The van der Waals surface area contributed by atoms with Crippen LogP contribution in [0.2, 0.25) is 0 Å². The number of nitrogens with one attached hydrogen (secondary N) is 2. The van der Waals surface area contributed by atoms with Gasteiger partial charge in [-0.3, -0.25) is 4.79 Å². The Morgan fingerprint density at radius 3 is 2.83 bits per heavy atom. The predicted octanol–water partition coefficient (Wildman–Crippen LogP) is 1.79. The van der Waals surface area contributed by atoms with E-state index in [1.165, 1.54) is 0 Å². The average molecular weight is 259 g/mol. The summed E-state index contributed by atoms with van der Waals surface area (Å²) in [5.41, 5.74) is -0.736. The van der Waals surface area contributed by atoms with Gasteiger partial charge in [-0.2, -0.15) is 13.2 Å². The SMILES string of the molecule is O=C1CCC(Nc2cc(C(F)(F)F)ccn2)CN1. The number of amides is 1. The molecule has 1 atom stereocenters. The van der Waals surface area contributed by atoms with E-state index in [0.717, 1.165) is 18.3 Å². The topological polar surface area (TPSA) is 54.0 Å². The first-order valence-corrected chi connectivity index (χ1v) is 5.51. The van der Waals surface area contributed by atoms with E-state index in [2.05, 4.69) is 15.6 Å². The van der Waals surface area contributed by atoms with E-state index in [1.807, 2.05) is 0 Å².